The summed E-state index contributed by atoms with van der Waals surface area (Å²) in [5.74, 6) is -0.592. The van der Waals surface area contributed by atoms with Crippen LogP contribution in [0.5, 0.6) is 0 Å². The predicted molar refractivity (Wildman–Crippen MR) is 161 cm³/mol. The Kier molecular flexibility index (Phi) is 7.86. The first-order valence-electron chi connectivity index (χ1n) is 14.9. The number of fused-ring (bicyclic) bond motifs is 1. The van der Waals surface area contributed by atoms with E-state index in [-0.39, 0.29) is 17.1 Å². The van der Waals surface area contributed by atoms with E-state index in [9.17, 15) is 14.0 Å². The van der Waals surface area contributed by atoms with Crippen molar-refractivity contribution in [3.05, 3.63) is 93.0 Å². The van der Waals surface area contributed by atoms with Gasteiger partial charge >= 0.3 is 5.69 Å². The van der Waals surface area contributed by atoms with E-state index < -0.39 is 17.1 Å². The molecule has 4 aromatic rings. The van der Waals surface area contributed by atoms with E-state index in [1.54, 1.807) is 0 Å². The second-order valence-corrected chi connectivity index (χ2v) is 11.8. The standard InChI is InChI=1S/C33H38FN5O2/c1-23(2)37-17-15-36(16-18-37)22-24-11-13-25(14-12-24)26-7-6-10-29(19-26)38-31-30(20-27(34)21-35-31)32(40)39(33(38)41)28-8-4-3-5-9-28/h6-7,10-14,19-21,23,28H,3-5,8-9,15-18,22H2,1-2H3. The van der Waals surface area contributed by atoms with Crippen LogP contribution in [0.25, 0.3) is 27.8 Å². The van der Waals surface area contributed by atoms with Crippen LogP contribution < -0.4 is 11.2 Å². The fraction of sp³-hybridized carbons (Fsp3) is 0.424. The van der Waals surface area contributed by atoms with E-state index in [2.05, 4.69) is 52.9 Å². The van der Waals surface area contributed by atoms with Gasteiger partial charge in [-0.1, -0.05) is 55.7 Å². The van der Waals surface area contributed by atoms with E-state index in [4.69, 9.17) is 0 Å². The molecular weight excluding hydrogens is 517 g/mol. The van der Waals surface area contributed by atoms with Gasteiger partial charge < -0.3 is 0 Å². The number of pyridine rings is 1. The molecule has 2 aliphatic rings. The largest absolute Gasteiger partial charge is 0.337 e. The Morgan fingerprint density at radius 1 is 0.902 bits per heavy atom. The van der Waals surface area contributed by atoms with Crippen LogP contribution in [0.15, 0.2) is 70.4 Å². The first kappa shape index (κ1) is 27.5. The molecule has 3 heterocycles. The quantitative estimate of drug-likeness (QED) is 0.320. The number of rotatable bonds is 6. The summed E-state index contributed by atoms with van der Waals surface area (Å²) >= 11 is 0. The summed E-state index contributed by atoms with van der Waals surface area (Å²) < 4.78 is 17.0. The summed E-state index contributed by atoms with van der Waals surface area (Å²) in [6.45, 7) is 9.80. The number of aromatic nitrogens is 3. The smallest absolute Gasteiger partial charge is 0.298 e. The van der Waals surface area contributed by atoms with Crippen molar-refractivity contribution in [3.63, 3.8) is 0 Å². The molecule has 1 aliphatic carbocycles. The zero-order chi connectivity index (χ0) is 28.5. The van der Waals surface area contributed by atoms with Gasteiger partial charge in [0.2, 0.25) is 0 Å². The molecule has 8 heteroatoms. The van der Waals surface area contributed by atoms with E-state index in [0.29, 0.717) is 11.7 Å². The van der Waals surface area contributed by atoms with E-state index in [1.807, 2.05) is 24.3 Å². The molecule has 1 saturated carbocycles. The lowest BCUT2D eigenvalue weighted by atomic mass is 9.95. The van der Waals surface area contributed by atoms with Gasteiger partial charge in [-0.25, -0.2) is 18.7 Å². The van der Waals surface area contributed by atoms with Crippen molar-refractivity contribution in [1.82, 2.24) is 23.9 Å². The Bertz CT molecular complexity index is 1650. The Morgan fingerprint density at radius 2 is 1.63 bits per heavy atom. The van der Waals surface area contributed by atoms with Gasteiger partial charge in [-0.3, -0.25) is 19.2 Å². The number of hydrogen-bond donors (Lipinski definition) is 0. The fourth-order valence-corrected chi connectivity index (χ4v) is 6.40. The summed E-state index contributed by atoms with van der Waals surface area (Å²) in [5.41, 5.74) is 3.17. The Hall–Kier alpha value is -3.62. The van der Waals surface area contributed by atoms with Gasteiger partial charge in [0.25, 0.3) is 5.56 Å². The maximum Gasteiger partial charge on any atom is 0.337 e. The second-order valence-electron chi connectivity index (χ2n) is 11.8. The highest BCUT2D eigenvalue weighted by atomic mass is 19.1. The van der Waals surface area contributed by atoms with Crippen molar-refractivity contribution in [2.75, 3.05) is 26.2 Å². The van der Waals surface area contributed by atoms with Crippen LogP contribution in [-0.2, 0) is 6.54 Å². The third kappa shape index (κ3) is 5.63. The van der Waals surface area contributed by atoms with Crippen molar-refractivity contribution in [3.8, 4) is 16.8 Å². The van der Waals surface area contributed by atoms with Crippen LogP contribution in [0.3, 0.4) is 0 Å². The molecule has 2 aromatic carbocycles. The third-order valence-electron chi connectivity index (χ3n) is 8.77. The van der Waals surface area contributed by atoms with Crippen LogP contribution >= 0.6 is 0 Å². The Morgan fingerprint density at radius 3 is 2.34 bits per heavy atom. The van der Waals surface area contributed by atoms with Crippen LogP contribution in [0.4, 0.5) is 4.39 Å². The molecule has 2 fully saturated rings. The molecular formula is C33H38FN5O2. The van der Waals surface area contributed by atoms with Gasteiger partial charge in [-0.2, -0.15) is 0 Å². The maximum atomic E-state index is 14.2. The van der Waals surface area contributed by atoms with E-state index in [1.165, 1.54) is 20.8 Å². The lowest BCUT2D eigenvalue weighted by Crippen LogP contribution is -2.48. The third-order valence-corrected chi connectivity index (χ3v) is 8.77. The minimum Gasteiger partial charge on any atom is -0.298 e. The van der Waals surface area contributed by atoms with Crippen molar-refractivity contribution in [2.45, 2.75) is 64.6 Å². The highest BCUT2D eigenvalue weighted by Gasteiger charge is 2.24. The summed E-state index contributed by atoms with van der Waals surface area (Å²) in [7, 11) is 0. The molecule has 0 unspecified atom stereocenters. The monoisotopic (exact) mass is 555 g/mol. The second kappa shape index (κ2) is 11.7. The molecule has 7 nitrogen and oxygen atoms in total. The molecule has 0 amide bonds. The highest BCUT2D eigenvalue weighted by Crippen LogP contribution is 2.28. The topological polar surface area (TPSA) is 63.4 Å². The molecule has 0 radical (unpaired) electrons. The number of benzene rings is 2. The van der Waals surface area contributed by atoms with Gasteiger partial charge in [0.15, 0.2) is 5.65 Å². The lowest BCUT2D eigenvalue weighted by molar-refractivity contribution is 0.104. The Balaban J connectivity index is 1.32. The van der Waals surface area contributed by atoms with Crippen molar-refractivity contribution in [2.24, 2.45) is 0 Å². The van der Waals surface area contributed by atoms with Crippen molar-refractivity contribution in [1.29, 1.82) is 0 Å². The molecule has 41 heavy (non-hydrogen) atoms. The molecule has 6 rings (SSSR count). The summed E-state index contributed by atoms with van der Waals surface area (Å²) in [6, 6.07) is 17.9. The van der Waals surface area contributed by atoms with Gasteiger partial charge in [-0.15, -0.1) is 0 Å². The van der Waals surface area contributed by atoms with Crippen LogP contribution in [0.1, 0.15) is 57.6 Å². The van der Waals surface area contributed by atoms with Gasteiger partial charge in [0.1, 0.15) is 5.82 Å². The number of hydrogen-bond acceptors (Lipinski definition) is 5. The predicted octanol–water partition coefficient (Wildman–Crippen LogP) is 5.38. The summed E-state index contributed by atoms with van der Waals surface area (Å²) in [6.07, 6.45) is 5.63. The van der Waals surface area contributed by atoms with E-state index in [0.717, 1.165) is 82.2 Å². The molecule has 0 bridgehead atoms. The van der Waals surface area contributed by atoms with Crippen molar-refractivity contribution < 1.29 is 4.39 Å². The minimum atomic E-state index is -0.592. The van der Waals surface area contributed by atoms with Gasteiger partial charge in [0, 0.05) is 44.8 Å². The molecule has 1 aliphatic heterocycles. The van der Waals surface area contributed by atoms with E-state index >= 15 is 0 Å². The lowest BCUT2D eigenvalue weighted by Gasteiger charge is -2.36. The number of piperazine rings is 1. The normalized spacial score (nSPS) is 17.5. The number of nitrogens with zero attached hydrogens (tertiary/aromatic N) is 5. The fourth-order valence-electron chi connectivity index (χ4n) is 6.40. The highest BCUT2D eigenvalue weighted by molar-refractivity contribution is 5.76. The maximum absolute atomic E-state index is 14.2. The molecule has 2 aromatic heterocycles. The van der Waals surface area contributed by atoms with Crippen molar-refractivity contribution >= 4 is 11.0 Å². The Labute approximate surface area is 239 Å². The van der Waals surface area contributed by atoms with Crippen LogP contribution in [0.2, 0.25) is 0 Å². The first-order valence-corrected chi connectivity index (χ1v) is 14.9. The molecule has 1 saturated heterocycles. The zero-order valence-electron chi connectivity index (χ0n) is 23.9. The summed E-state index contributed by atoms with van der Waals surface area (Å²) in [5, 5.41) is 0.124. The molecule has 0 N–H and O–H groups in total. The van der Waals surface area contributed by atoms with Gasteiger partial charge in [0.05, 0.1) is 17.3 Å². The minimum absolute atomic E-state index is 0.124. The average molecular weight is 556 g/mol. The average Bonchev–Trinajstić information content (AvgIpc) is 2.99. The van der Waals surface area contributed by atoms with Crippen LogP contribution in [0, 0.1) is 5.82 Å². The molecule has 0 atom stereocenters. The first-order chi connectivity index (χ1) is 19.9. The molecule has 214 valence electrons. The van der Waals surface area contributed by atoms with Gasteiger partial charge in [-0.05, 0) is 61.6 Å². The van der Waals surface area contributed by atoms with Crippen LogP contribution in [-0.4, -0.2) is 56.1 Å². The SMILES string of the molecule is CC(C)N1CCN(Cc2ccc(-c3cccc(-n4c(=O)n(C5CCCCC5)c(=O)c5cc(F)cnc54)c3)cc2)CC1. The number of halogens is 1. The summed E-state index contributed by atoms with van der Waals surface area (Å²) in [4.78, 5) is 36.6. The zero-order valence-corrected chi connectivity index (χ0v) is 23.9. The molecule has 0 spiro atoms.